The average molecular weight is 391 g/mol. The van der Waals surface area contributed by atoms with Crippen LogP contribution >= 0.6 is 0 Å². The molecule has 1 heterocycles. The van der Waals surface area contributed by atoms with E-state index in [1.54, 1.807) is 0 Å². The van der Waals surface area contributed by atoms with Gasteiger partial charge >= 0.3 is 5.97 Å². The summed E-state index contributed by atoms with van der Waals surface area (Å²) >= 11 is 0. The van der Waals surface area contributed by atoms with Gasteiger partial charge in [0.25, 0.3) is 5.89 Å². The van der Waals surface area contributed by atoms with Crippen molar-refractivity contribution < 1.29 is 14.4 Å². The molecule has 29 heavy (non-hydrogen) atoms. The first-order chi connectivity index (χ1) is 14.1. The number of carboxylic acids is 1. The van der Waals surface area contributed by atoms with Gasteiger partial charge in [-0.1, -0.05) is 54.9 Å². The highest BCUT2D eigenvalue weighted by molar-refractivity contribution is 5.71. The fraction of sp³-hybridized carbons (Fsp3) is 0.348. The quantitative estimate of drug-likeness (QED) is 0.595. The number of carbonyl (C=O) groups is 1. The molecule has 1 aliphatic carbocycles. The smallest absolute Gasteiger partial charge is 0.306 e. The molecule has 6 nitrogen and oxygen atoms in total. The Morgan fingerprint density at radius 2 is 1.93 bits per heavy atom. The summed E-state index contributed by atoms with van der Waals surface area (Å²) in [7, 11) is 0. The van der Waals surface area contributed by atoms with Gasteiger partial charge < -0.3 is 14.9 Å². The van der Waals surface area contributed by atoms with Crippen molar-refractivity contribution >= 4 is 5.97 Å². The predicted molar refractivity (Wildman–Crippen MR) is 110 cm³/mol. The van der Waals surface area contributed by atoms with Gasteiger partial charge in [-0.15, -0.1) is 0 Å². The molecular formula is C23H25N3O3. The summed E-state index contributed by atoms with van der Waals surface area (Å²) in [5.74, 6) is 0.151. The van der Waals surface area contributed by atoms with Crippen molar-refractivity contribution in [3.05, 3.63) is 59.7 Å². The lowest BCUT2D eigenvalue weighted by molar-refractivity contribution is -0.145. The molecule has 1 aromatic heterocycles. The van der Waals surface area contributed by atoms with E-state index in [9.17, 15) is 4.79 Å². The molecule has 6 heteroatoms. The third-order valence-electron chi connectivity index (χ3n) is 5.49. The Balaban J connectivity index is 1.46. The van der Waals surface area contributed by atoms with Gasteiger partial charge in [-0.2, -0.15) is 4.98 Å². The molecule has 0 aliphatic heterocycles. The Morgan fingerprint density at radius 3 is 2.66 bits per heavy atom. The number of hydrogen-bond acceptors (Lipinski definition) is 5. The van der Waals surface area contributed by atoms with E-state index in [1.165, 1.54) is 5.56 Å². The van der Waals surface area contributed by atoms with Crippen molar-refractivity contribution in [1.82, 2.24) is 15.5 Å². The maximum Gasteiger partial charge on any atom is 0.306 e. The zero-order valence-electron chi connectivity index (χ0n) is 16.5. The zero-order valence-corrected chi connectivity index (χ0v) is 16.5. The number of hydrogen-bond donors (Lipinski definition) is 2. The van der Waals surface area contributed by atoms with Crippen LogP contribution in [0.5, 0.6) is 0 Å². The molecule has 150 valence electrons. The molecule has 4 rings (SSSR count). The largest absolute Gasteiger partial charge is 0.481 e. The van der Waals surface area contributed by atoms with E-state index in [4.69, 9.17) is 9.63 Å². The molecule has 2 aromatic carbocycles. The fourth-order valence-electron chi connectivity index (χ4n) is 3.69. The first kappa shape index (κ1) is 19.3. The maximum atomic E-state index is 11.0. The van der Waals surface area contributed by atoms with Gasteiger partial charge in [-0.05, 0) is 42.5 Å². The molecule has 0 bridgehead atoms. The standard InChI is InChI=1S/C23H25N3O3/c1-2-5-15-8-10-16(11-9-15)22-25-21(26-29-22)20-7-4-3-6-17(20)14-24-19-12-18(13-19)23(27)28/h3-4,6-11,18-19,24H,2,5,12-14H2,1H3,(H,27,28)/t18-,19+. The Hall–Kier alpha value is -2.99. The van der Waals surface area contributed by atoms with Crippen LogP contribution in [-0.2, 0) is 17.8 Å². The van der Waals surface area contributed by atoms with Crippen molar-refractivity contribution in [3.8, 4) is 22.8 Å². The van der Waals surface area contributed by atoms with E-state index in [0.29, 0.717) is 31.1 Å². The number of benzene rings is 2. The molecule has 3 aromatic rings. The summed E-state index contributed by atoms with van der Waals surface area (Å²) in [4.78, 5) is 15.6. The lowest BCUT2D eigenvalue weighted by Crippen LogP contribution is -2.43. The van der Waals surface area contributed by atoms with E-state index >= 15 is 0 Å². The maximum absolute atomic E-state index is 11.0. The molecule has 1 aliphatic rings. The Kier molecular flexibility index (Phi) is 5.71. The first-order valence-electron chi connectivity index (χ1n) is 10.1. The monoisotopic (exact) mass is 391 g/mol. The van der Waals surface area contributed by atoms with Gasteiger partial charge in [0, 0.05) is 23.7 Å². The number of aliphatic carboxylic acids is 1. The Morgan fingerprint density at radius 1 is 1.17 bits per heavy atom. The minimum Gasteiger partial charge on any atom is -0.481 e. The van der Waals surface area contributed by atoms with Gasteiger partial charge in [0.05, 0.1) is 5.92 Å². The zero-order chi connectivity index (χ0) is 20.2. The number of nitrogens with zero attached hydrogens (tertiary/aromatic N) is 2. The normalized spacial score (nSPS) is 18.4. The second-order valence-corrected chi connectivity index (χ2v) is 7.61. The summed E-state index contributed by atoms with van der Waals surface area (Å²) in [5, 5.41) is 16.6. The molecule has 0 spiro atoms. The molecule has 0 saturated heterocycles. The lowest BCUT2D eigenvalue weighted by Gasteiger charge is -2.33. The van der Waals surface area contributed by atoms with Gasteiger partial charge in [0.2, 0.25) is 5.82 Å². The van der Waals surface area contributed by atoms with Crippen molar-refractivity contribution in [1.29, 1.82) is 0 Å². The summed E-state index contributed by atoms with van der Waals surface area (Å²) < 4.78 is 5.51. The molecule has 2 N–H and O–H groups in total. The number of nitrogens with one attached hydrogen (secondary N) is 1. The van der Waals surface area contributed by atoms with Crippen LogP contribution in [0.3, 0.4) is 0 Å². The van der Waals surface area contributed by atoms with Crippen LogP contribution in [0.25, 0.3) is 22.8 Å². The second-order valence-electron chi connectivity index (χ2n) is 7.61. The third kappa shape index (κ3) is 4.38. The minimum atomic E-state index is -0.703. The van der Waals surface area contributed by atoms with Gasteiger partial charge in [0.15, 0.2) is 0 Å². The topological polar surface area (TPSA) is 88.2 Å². The number of aryl methyl sites for hydroxylation is 1. The highest BCUT2D eigenvalue weighted by Crippen LogP contribution is 2.29. The van der Waals surface area contributed by atoms with E-state index in [0.717, 1.165) is 29.5 Å². The minimum absolute atomic E-state index is 0.216. The summed E-state index contributed by atoms with van der Waals surface area (Å²) in [5.41, 5.74) is 4.20. The molecular weight excluding hydrogens is 366 g/mol. The van der Waals surface area contributed by atoms with Crippen LogP contribution < -0.4 is 5.32 Å². The van der Waals surface area contributed by atoms with Crippen LogP contribution in [0.4, 0.5) is 0 Å². The third-order valence-corrected chi connectivity index (χ3v) is 5.49. The summed E-state index contributed by atoms with van der Waals surface area (Å²) in [6.07, 6.45) is 3.53. The van der Waals surface area contributed by atoms with Crippen LogP contribution in [-0.4, -0.2) is 27.3 Å². The summed E-state index contributed by atoms with van der Waals surface area (Å²) in [6, 6.07) is 16.4. The van der Waals surface area contributed by atoms with E-state index in [1.807, 2.05) is 36.4 Å². The Labute approximate surface area is 170 Å². The van der Waals surface area contributed by atoms with Crippen molar-refractivity contribution in [3.63, 3.8) is 0 Å². The number of aromatic nitrogens is 2. The fourth-order valence-corrected chi connectivity index (χ4v) is 3.69. The van der Waals surface area contributed by atoms with Crippen LogP contribution in [0.15, 0.2) is 53.1 Å². The van der Waals surface area contributed by atoms with Gasteiger partial charge in [-0.3, -0.25) is 4.79 Å². The van der Waals surface area contributed by atoms with Gasteiger partial charge in [0.1, 0.15) is 0 Å². The van der Waals surface area contributed by atoms with E-state index in [-0.39, 0.29) is 12.0 Å². The van der Waals surface area contributed by atoms with Crippen LogP contribution in [0.1, 0.15) is 37.3 Å². The van der Waals surface area contributed by atoms with Gasteiger partial charge in [-0.25, -0.2) is 0 Å². The second kappa shape index (κ2) is 8.57. The average Bonchev–Trinajstić information content (AvgIpc) is 3.18. The number of rotatable bonds is 8. The molecule has 0 unspecified atom stereocenters. The molecule has 1 saturated carbocycles. The molecule has 0 amide bonds. The SMILES string of the molecule is CCCc1ccc(-c2nc(-c3ccccc3CN[C@H]3C[C@@H](C(=O)O)C3)no2)cc1. The first-order valence-corrected chi connectivity index (χ1v) is 10.1. The highest BCUT2D eigenvalue weighted by Gasteiger charge is 2.34. The van der Waals surface area contributed by atoms with E-state index in [2.05, 4.69) is 34.5 Å². The van der Waals surface area contributed by atoms with E-state index < -0.39 is 5.97 Å². The van der Waals surface area contributed by atoms with Crippen molar-refractivity contribution in [2.45, 2.75) is 45.2 Å². The van der Waals surface area contributed by atoms with Crippen LogP contribution in [0.2, 0.25) is 0 Å². The molecule has 0 atom stereocenters. The van der Waals surface area contributed by atoms with Crippen molar-refractivity contribution in [2.24, 2.45) is 5.92 Å². The Bertz CT molecular complexity index is 975. The number of carboxylic acid groups (broad SMARTS) is 1. The lowest BCUT2D eigenvalue weighted by atomic mass is 9.80. The van der Waals surface area contributed by atoms with Crippen molar-refractivity contribution in [2.75, 3.05) is 0 Å². The highest BCUT2D eigenvalue weighted by atomic mass is 16.5. The molecule has 0 radical (unpaired) electrons. The molecule has 1 fully saturated rings. The predicted octanol–water partition coefficient (Wildman–Crippen LogP) is 4.31. The summed E-state index contributed by atoms with van der Waals surface area (Å²) in [6.45, 7) is 2.81. The van der Waals surface area contributed by atoms with Crippen LogP contribution in [0, 0.1) is 5.92 Å².